The van der Waals surface area contributed by atoms with Crippen molar-refractivity contribution in [3.63, 3.8) is 0 Å². The van der Waals surface area contributed by atoms with Gasteiger partial charge in [0, 0.05) is 13.2 Å². The van der Waals surface area contributed by atoms with Crippen LogP contribution in [-0.2, 0) is 7.05 Å². The molecule has 2 rings (SSSR count). The van der Waals surface area contributed by atoms with E-state index in [4.69, 9.17) is 0 Å². The molecule has 1 heterocycles. The minimum absolute atomic E-state index is 0.216. The van der Waals surface area contributed by atoms with Crippen molar-refractivity contribution < 1.29 is 0 Å². The van der Waals surface area contributed by atoms with E-state index >= 15 is 0 Å². The minimum Gasteiger partial charge on any atom is -0.305 e. The summed E-state index contributed by atoms with van der Waals surface area (Å²) < 4.78 is 1.93. The van der Waals surface area contributed by atoms with Crippen LogP contribution in [0.3, 0.4) is 0 Å². The molecule has 3 nitrogen and oxygen atoms in total. The highest BCUT2D eigenvalue weighted by Gasteiger charge is 2.17. The first-order valence-electron chi connectivity index (χ1n) is 6.01. The quantitative estimate of drug-likeness (QED) is 0.872. The topological polar surface area (TPSA) is 29.9 Å². The van der Waals surface area contributed by atoms with E-state index < -0.39 is 0 Å². The molecule has 0 radical (unpaired) electrons. The summed E-state index contributed by atoms with van der Waals surface area (Å²) in [5.74, 6) is 0. The lowest BCUT2D eigenvalue weighted by atomic mass is 9.98. The van der Waals surface area contributed by atoms with Gasteiger partial charge in [0.05, 0.1) is 11.7 Å². The Kier molecular flexibility index (Phi) is 3.59. The molecule has 0 fully saturated rings. The fraction of sp³-hybridized carbons (Fsp3) is 0.357. The molecule has 3 heteroatoms. The Hall–Kier alpha value is -1.61. The van der Waals surface area contributed by atoms with Gasteiger partial charge in [-0.1, -0.05) is 31.2 Å². The third-order valence-electron chi connectivity index (χ3n) is 3.06. The number of benzene rings is 1. The molecule has 1 unspecified atom stereocenters. The van der Waals surface area contributed by atoms with Crippen LogP contribution in [0.4, 0.5) is 0 Å². The van der Waals surface area contributed by atoms with E-state index in [0.717, 1.165) is 6.54 Å². The molecule has 0 aliphatic heterocycles. The normalized spacial score (nSPS) is 12.6. The summed E-state index contributed by atoms with van der Waals surface area (Å²) in [5, 5.41) is 7.77. The van der Waals surface area contributed by atoms with Crippen LogP contribution >= 0.6 is 0 Å². The van der Waals surface area contributed by atoms with Gasteiger partial charge in [0.15, 0.2) is 0 Å². The second-order valence-corrected chi connectivity index (χ2v) is 4.23. The van der Waals surface area contributed by atoms with Crippen molar-refractivity contribution in [2.24, 2.45) is 7.05 Å². The van der Waals surface area contributed by atoms with Gasteiger partial charge >= 0.3 is 0 Å². The number of nitrogens with one attached hydrogen (secondary N) is 1. The second kappa shape index (κ2) is 5.15. The summed E-state index contributed by atoms with van der Waals surface area (Å²) in [5.41, 5.74) is 3.82. The molecule has 90 valence electrons. The van der Waals surface area contributed by atoms with Crippen molar-refractivity contribution in [2.45, 2.75) is 19.9 Å². The Morgan fingerprint density at radius 1 is 1.29 bits per heavy atom. The van der Waals surface area contributed by atoms with Crippen molar-refractivity contribution in [2.75, 3.05) is 6.54 Å². The van der Waals surface area contributed by atoms with Gasteiger partial charge in [-0.05, 0) is 30.7 Å². The molecule has 1 aromatic carbocycles. The number of nitrogens with zero attached hydrogens (tertiary/aromatic N) is 2. The Labute approximate surface area is 102 Å². The first-order valence-corrected chi connectivity index (χ1v) is 6.01. The summed E-state index contributed by atoms with van der Waals surface area (Å²) in [6.07, 6.45) is 1.85. The molecule has 1 N–H and O–H groups in total. The largest absolute Gasteiger partial charge is 0.305 e. The highest BCUT2D eigenvalue weighted by Crippen LogP contribution is 2.23. The number of rotatable bonds is 4. The first kappa shape index (κ1) is 11.9. The summed E-state index contributed by atoms with van der Waals surface area (Å²) in [6.45, 7) is 5.21. The van der Waals surface area contributed by atoms with Crippen LogP contribution in [0, 0.1) is 6.92 Å². The monoisotopic (exact) mass is 229 g/mol. The van der Waals surface area contributed by atoms with E-state index in [9.17, 15) is 0 Å². The number of aromatic nitrogens is 2. The molecule has 0 amide bonds. The van der Waals surface area contributed by atoms with Crippen molar-refractivity contribution in [1.29, 1.82) is 0 Å². The fourth-order valence-corrected chi connectivity index (χ4v) is 2.16. The molecule has 2 aromatic rings. The van der Waals surface area contributed by atoms with Gasteiger partial charge in [-0.2, -0.15) is 5.10 Å². The van der Waals surface area contributed by atoms with Crippen molar-refractivity contribution in [3.8, 4) is 0 Å². The predicted molar refractivity (Wildman–Crippen MR) is 69.9 cm³/mol. The summed E-state index contributed by atoms with van der Waals surface area (Å²) in [7, 11) is 1.98. The smallest absolute Gasteiger partial charge is 0.0750 e. The fourth-order valence-electron chi connectivity index (χ4n) is 2.16. The molecule has 1 atom stereocenters. The van der Waals surface area contributed by atoms with Crippen molar-refractivity contribution >= 4 is 0 Å². The van der Waals surface area contributed by atoms with E-state index in [1.54, 1.807) is 0 Å². The van der Waals surface area contributed by atoms with Gasteiger partial charge in [-0.15, -0.1) is 0 Å². The third kappa shape index (κ3) is 2.39. The van der Waals surface area contributed by atoms with E-state index in [1.807, 2.05) is 17.9 Å². The average Bonchev–Trinajstić information content (AvgIpc) is 2.74. The second-order valence-electron chi connectivity index (χ2n) is 4.23. The third-order valence-corrected chi connectivity index (χ3v) is 3.06. The zero-order chi connectivity index (χ0) is 12.3. The summed E-state index contributed by atoms with van der Waals surface area (Å²) >= 11 is 0. The zero-order valence-corrected chi connectivity index (χ0v) is 10.6. The lowest BCUT2D eigenvalue weighted by molar-refractivity contribution is 0.570. The highest BCUT2D eigenvalue weighted by atomic mass is 15.3. The van der Waals surface area contributed by atoms with Crippen molar-refractivity contribution in [3.05, 3.63) is 53.3 Å². The molecule has 17 heavy (non-hydrogen) atoms. The molecule has 0 aliphatic carbocycles. The molecule has 0 aliphatic rings. The van der Waals surface area contributed by atoms with Gasteiger partial charge in [-0.3, -0.25) is 4.68 Å². The molecule has 0 bridgehead atoms. The summed E-state index contributed by atoms with van der Waals surface area (Å²) in [6, 6.07) is 10.8. The number of hydrogen-bond donors (Lipinski definition) is 1. The molecular weight excluding hydrogens is 210 g/mol. The van der Waals surface area contributed by atoms with Gasteiger partial charge in [0.25, 0.3) is 0 Å². The standard InChI is InChI=1S/C14H19N3/c1-4-15-14(13-9-10-16-17(13)3)12-8-6-5-7-11(12)2/h5-10,14-15H,4H2,1-3H3. The number of hydrogen-bond acceptors (Lipinski definition) is 2. The van der Waals surface area contributed by atoms with E-state index in [0.29, 0.717) is 0 Å². The lowest BCUT2D eigenvalue weighted by Crippen LogP contribution is -2.24. The summed E-state index contributed by atoms with van der Waals surface area (Å²) in [4.78, 5) is 0. The maximum atomic E-state index is 4.25. The van der Waals surface area contributed by atoms with Crippen molar-refractivity contribution in [1.82, 2.24) is 15.1 Å². The molecular formula is C14H19N3. The molecule has 0 saturated carbocycles. The van der Waals surface area contributed by atoms with Crippen LogP contribution in [0.1, 0.15) is 29.8 Å². The first-order chi connectivity index (χ1) is 8.24. The van der Waals surface area contributed by atoms with Gasteiger partial charge in [-0.25, -0.2) is 0 Å². The minimum atomic E-state index is 0.216. The Morgan fingerprint density at radius 3 is 2.65 bits per heavy atom. The van der Waals surface area contributed by atoms with E-state index in [1.165, 1.54) is 16.8 Å². The average molecular weight is 229 g/mol. The van der Waals surface area contributed by atoms with Crippen LogP contribution in [0.2, 0.25) is 0 Å². The lowest BCUT2D eigenvalue weighted by Gasteiger charge is -2.20. The highest BCUT2D eigenvalue weighted by molar-refractivity contribution is 5.34. The van der Waals surface area contributed by atoms with Gasteiger partial charge in [0.1, 0.15) is 0 Å². The molecule has 0 saturated heterocycles. The molecule has 1 aromatic heterocycles. The van der Waals surface area contributed by atoms with Crippen LogP contribution in [0.5, 0.6) is 0 Å². The van der Waals surface area contributed by atoms with Gasteiger partial charge < -0.3 is 5.32 Å². The van der Waals surface area contributed by atoms with Crippen LogP contribution in [0.25, 0.3) is 0 Å². The van der Waals surface area contributed by atoms with E-state index in [-0.39, 0.29) is 6.04 Å². The maximum absolute atomic E-state index is 4.25. The van der Waals surface area contributed by atoms with Crippen LogP contribution in [0.15, 0.2) is 36.5 Å². The predicted octanol–water partition coefficient (Wildman–Crippen LogP) is 2.43. The maximum Gasteiger partial charge on any atom is 0.0750 e. The van der Waals surface area contributed by atoms with Crippen LogP contribution in [-0.4, -0.2) is 16.3 Å². The Balaban J connectivity index is 2.43. The molecule has 0 spiro atoms. The SMILES string of the molecule is CCNC(c1ccccc1C)c1ccnn1C. The zero-order valence-electron chi connectivity index (χ0n) is 10.6. The Morgan fingerprint density at radius 2 is 2.06 bits per heavy atom. The van der Waals surface area contributed by atoms with Crippen LogP contribution < -0.4 is 5.32 Å². The van der Waals surface area contributed by atoms with E-state index in [2.05, 4.69) is 54.6 Å². The number of aryl methyl sites for hydroxylation is 2. The van der Waals surface area contributed by atoms with Gasteiger partial charge in [0.2, 0.25) is 0 Å². The Bertz CT molecular complexity index is 488.